The Hall–Kier alpha value is -1.11. The van der Waals surface area contributed by atoms with Crippen LogP contribution in [0.2, 0.25) is 0 Å². The van der Waals surface area contributed by atoms with Gasteiger partial charge in [-0.1, -0.05) is 43.2 Å². The Morgan fingerprint density at radius 1 is 1.06 bits per heavy atom. The van der Waals surface area contributed by atoms with Gasteiger partial charge < -0.3 is 0 Å². The molecule has 0 atom stereocenters. The highest BCUT2D eigenvalue weighted by Crippen LogP contribution is 2.11. The van der Waals surface area contributed by atoms with Crippen LogP contribution in [0.3, 0.4) is 0 Å². The molecule has 18 heavy (non-hydrogen) atoms. The second kappa shape index (κ2) is 9.87. The lowest BCUT2D eigenvalue weighted by atomic mass is 10.0. The van der Waals surface area contributed by atoms with Gasteiger partial charge in [0, 0.05) is 0 Å². The summed E-state index contributed by atoms with van der Waals surface area (Å²) in [5.41, 5.74) is 3.64. The van der Waals surface area contributed by atoms with E-state index in [4.69, 9.17) is 0 Å². The Labute approximate surface area is 113 Å². The summed E-state index contributed by atoms with van der Waals surface area (Å²) in [6.07, 6.45) is 11.4. The summed E-state index contributed by atoms with van der Waals surface area (Å²) in [5, 5.41) is 0. The molecule has 0 rings (SSSR count). The van der Waals surface area contributed by atoms with Gasteiger partial charge in [-0.25, -0.2) is 0 Å². The van der Waals surface area contributed by atoms with Gasteiger partial charge in [0.25, 0.3) is 0 Å². The van der Waals surface area contributed by atoms with E-state index in [0.29, 0.717) is 5.92 Å². The van der Waals surface area contributed by atoms with Crippen molar-refractivity contribution in [1.29, 1.82) is 0 Å². The monoisotopic (exact) mass is 248 g/mol. The van der Waals surface area contributed by atoms with Gasteiger partial charge in [-0.05, 0) is 57.9 Å². The first-order valence-corrected chi connectivity index (χ1v) is 6.89. The molecular weight excluding hydrogens is 220 g/mol. The Balaban J connectivity index is 4.20. The number of carbonyl (C=O) groups is 1. The third-order valence-corrected chi connectivity index (χ3v) is 2.78. The smallest absolute Gasteiger partial charge is 0.146 e. The fourth-order valence-electron chi connectivity index (χ4n) is 1.55. The first-order valence-electron chi connectivity index (χ1n) is 6.89. The second-order valence-corrected chi connectivity index (χ2v) is 5.60. The van der Waals surface area contributed by atoms with Crippen LogP contribution in [0.25, 0.3) is 0 Å². The van der Waals surface area contributed by atoms with Crippen molar-refractivity contribution in [3.05, 3.63) is 34.9 Å². The minimum absolute atomic E-state index is 0.614. The quantitative estimate of drug-likeness (QED) is 0.326. The molecule has 0 bridgehead atoms. The van der Waals surface area contributed by atoms with Gasteiger partial charge in [-0.3, -0.25) is 4.79 Å². The zero-order valence-corrected chi connectivity index (χ0v) is 12.6. The average Bonchev–Trinajstić information content (AvgIpc) is 2.28. The van der Waals surface area contributed by atoms with Crippen molar-refractivity contribution >= 4 is 6.29 Å². The lowest BCUT2D eigenvalue weighted by molar-refractivity contribution is -0.105. The zero-order chi connectivity index (χ0) is 14.0. The summed E-state index contributed by atoms with van der Waals surface area (Å²) in [5.74, 6) is 0.614. The molecule has 0 unspecified atom stereocenters. The summed E-state index contributed by atoms with van der Waals surface area (Å²) in [6, 6.07) is 0. The van der Waals surface area contributed by atoms with Crippen LogP contribution in [0.1, 0.15) is 60.3 Å². The highest BCUT2D eigenvalue weighted by atomic mass is 16.1. The Kier molecular flexibility index (Phi) is 9.26. The van der Waals surface area contributed by atoms with E-state index in [1.54, 1.807) is 0 Å². The van der Waals surface area contributed by atoms with Crippen LogP contribution in [-0.4, -0.2) is 6.29 Å². The molecule has 0 aromatic carbocycles. The van der Waals surface area contributed by atoms with E-state index in [1.807, 2.05) is 0 Å². The molecule has 1 heteroatoms. The number of aldehydes is 1. The van der Waals surface area contributed by atoms with Crippen molar-refractivity contribution < 1.29 is 4.79 Å². The van der Waals surface area contributed by atoms with Gasteiger partial charge in [0.15, 0.2) is 0 Å². The molecule has 0 fully saturated rings. The Bertz CT molecular complexity index is 326. The molecule has 0 aliphatic carbocycles. The fraction of sp³-hybridized carbons (Fsp3) is 0.588. The molecule has 102 valence electrons. The number of rotatable bonds is 8. The van der Waals surface area contributed by atoms with Crippen molar-refractivity contribution in [2.75, 3.05) is 0 Å². The number of hydrogen-bond donors (Lipinski definition) is 0. The number of hydrogen-bond acceptors (Lipinski definition) is 1. The Morgan fingerprint density at radius 3 is 2.22 bits per heavy atom. The summed E-state index contributed by atoms with van der Waals surface area (Å²) in [7, 11) is 0. The molecule has 0 saturated carbocycles. The summed E-state index contributed by atoms with van der Waals surface area (Å²) < 4.78 is 0. The number of allylic oxidation sites excluding steroid dienone is 6. The molecule has 0 saturated heterocycles. The highest BCUT2D eigenvalue weighted by molar-refractivity contribution is 5.73. The van der Waals surface area contributed by atoms with Gasteiger partial charge in [0.05, 0.1) is 0 Å². The first kappa shape index (κ1) is 16.9. The van der Waals surface area contributed by atoms with Gasteiger partial charge >= 0.3 is 0 Å². The van der Waals surface area contributed by atoms with Crippen LogP contribution in [0.5, 0.6) is 0 Å². The maximum absolute atomic E-state index is 10.9. The molecule has 0 aliphatic rings. The molecular formula is C17H28O. The zero-order valence-electron chi connectivity index (χ0n) is 12.6. The van der Waals surface area contributed by atoms with Crippen molar-refractivity contribution in [1.82, 2.24) is 0 Å². The lowest BCUT2D eigenvalue weighted by Gasteiger charge is -2.02. The average molecular weight is 248 g/mol. The van der Waals surface area contributed by atoms with Crippen molar-refractivity contribution in [3.63, 3.8) is 0 Å². The van der Waals surface area contributed by atoms with E-state index in [9.17, 15) is 4.79 Å². The molecule has 0 aromatic heterocycles. The Morgan fingerprint density at radius 2 is 1.72 bits per heavy atom. The van der Waals surface area contributed by atoms with Crippen LogP contribution < -0.4 is 0 Å². The molecule has 0 N–H and O–H groups in total. The minimum atomic E-state index is 0.614. The highest BCUT2D eigenvalue weighted by Gasteiger charge is 1.96. The second-order valence-electron chi connectivity index (χ2n) is 5.60. The lowest BCUT2D eigenvalue weighted by Crippen LogP contribution is -1.88. The molecule has 0 aliphatic heterocycles. The standard InChI is InChI=1S/C17H28O/c1-14(2)7-6-8-16(5)10-12-17(13-18)11-9-15(3)4/h7,10-11,13,15H,6,8-9,12H2,1-5H3/b16-10+,17-11-. The van der Waals surface area contributed by atoms with Gasteiger partial charge in [0.1, 0.15) is 6.29 Å². The topological polar surface area (TPSA) is 17.1 Å². The predicted molar refractivity (Wildman–Crippen MR) is 80.6 cm³/mol. The third-order valence-electron chi connectivity index (χ3n) is 2.78. The van der Waals surface area contributed by atoms with Gasteiger partial charge in [-0.15, -0.1) is 0 Å². The van der Waals surface area contributed by atoms with E-state index >= 15 is 0 Å². The molecule has 1 nitrogen and oxygen atoms in total. The molecule has 0 amide bonds. The summed E-state index contributed by atoms with van der Waals surface area (Å²) in [4.78, 5) is 10.9. The third kappa shape index (κ3) is 10.1. The maximum Gasteiger partial charge on any atom is 0.146 e. The minimum Gasteiger partial charge on any atom is -0.298 e. The van der Waals surface area contributed by atoms with E-state index in [-0.39, 0.29) is 0 Å². The molecule has 0 spiro atoms. The molecule has 0 aromatic rings. The first-order chi connectivity index (χ1) is 8.45. The summed E-state index contributed by atoms with van der Waals surface area (Å²) in [6.45, 7) is 10.7. The number of carbonyl (C=O) groups excluding carboxylic acids is 1. The van der Waals surface area contributed by atoms with Crippen molar-refractivity contribution in [2.24, 2.45) is 5.92 Å². The summed E-state index contributed by atoms with van der Waals surface area (Å²) >= 11 is 0. The van der Waals surface area contributed by atoms with Crippen LogP contribution in [0.4, 0.5) is 0 Å². The maximum atomic E-state index is 10.9. The predicted octanol–water partition coefficient (Wildman–Crippen LogP) is 5.24. The fourth-order valence-corrected chi connectivity index (χ4v) is 1.55. The molecule has 0 heterocycles. The van der Waals surface area contributed by atoms with E-state index in [0.717, 1.165) is 37.5 Å². The van der Waals surface area contributed by atoms with Gasteiger partial charge in [-0.2, -0.15) is 0 Å². The van der Waals surface area contributed by atoms with E-state index in [1.165, 1.54) is 11.1 Å². The van der Waals surface area contributed by atoms with Crippen LogP contribution in [0, 0.1) is 5.92 Å². The van der Waals surface area contributed by atoms with Crippen molar-refractivity contribution in [2.45, 2.75) is 60.3 Å². The largest absolute Gasteiger partial charge is 0.298 e. The van der Waals surface area contributed by atoms with E-state index < -0.39 is 0 Å². The van der Waals surface area contributed by atoms with Crippen LogP contribution in [-0.2, 0) is 4.79 Å². The van der Waals surface area contributed by atoms with E-state index in [2.05, 4.69) is 52.8 Å². The SMILES string of the molecule is CC(C)=CCC/C(C)=C/C/C(C=O)=C/CC(C)C. The normalized spacial score (nSPS) is 12.8. The van der Waals surface area contributed by atoms with Crippen molar-refractivity contribution in [3.8, 4) is 0 Å². The van der Waals surface area contributed by atoms with Crippen LogP contribution >= 0.6 is 0 Å². The van der Waals surface area contributed by atoms with Crippen LogP contribution in [0.15, 0.2) is 34.9 Å². The molecule has 0 radical (unpaired) electrons. The van der Waals surface area contributed by atoms with Gasteiger partial charge in [0.2, 0.25) is 0 Å².